The van der Waals surface area contributed by atoms with Gasteiger partial charge in [0.15, 0.2) is 0 Å². The minimum Gasteiger partial charge on any atom is -0.377 e. The molecule has 1 aromatic rings. The molecule has 0 saturated heterocycles. The zero-order valence-electron chi connectivity index (χ0n) is 12.2. The van der Waals surface area contributed by atoms with Crippen LogP contribution in [-0.2, 0) is 6.54 Å². The maximum atomic E-state index is 12.5. The van der Waals surface area contributed by atoms with Crippen molar-refractivity contribution in [3.63, 3.8) is 0 Å². The van der Waals surface area contributed by atoms with E-state index in [1.807, 2.05) is 0 Å². The highest BCUT2D eigenvalue weighted by Gasteiger charge is 2.23. The van der Waals surface area contributed by atoms with Crippen LogP contribution in [0.15, 0.2) is 11.0 Å². The first-order valence-corrected chi connectivity index (χ1v) is 8.29. The van der Waals surface area contributed by atoms with Gasteiger partial charge in [0.1, 0.15) is 5.69 Å². The minimum atomic E-state index is -0.0933. The average molecular weight is 311 g/mol. The third-order valence-electron chi connectivity index (χ3n) is 4.77. The Balaban J connectivity index is 1.73. The number of halogens is 1. The summed E-state index contributed by atoms with van der Waals surface area (Å²) in [6, 6.07) is 0.584. The van der Waals surface area contributed by atoms with Crippen LogP contribution in [0.2, 0.25) is 5.02 Å². The molecule has 0 aromatic carbocycles. The van der Waals surface area contributed by atoms with Crippen LogP contribution >= 0.6 is 11.6 Å². The minimum absolute atomic E-state index is 0.0933. The summed E-state index contributed by atoms with van der Waals surface area (Å²) in [5, 5.41) is 7.92. The predicted molar refractivity (Wildman–Crippen MR) is 84.7 cm³/mol. The fraction of sp³-hybridized carbons (Fsp3) is 0.733. The van der Waals surface area contributed by atoms with Gasteiger partial charge in [-0.15, -0.1) is 0 Å². The Morgan fingerprint density at radius 3 is 2.62 bits per heavy atom. The van der Waals surface area contributed by atoms with Crippen molar-refractivity contribution in [2.75, 3.05) is 5.32 Å². The lowest BCUT2D eigenvalue weighted by atomic mass is 9.85. The van der Waals surface area contributed by atoms with Gasteiger partial charge in [0, 0.05) is 18.6 Å². The Morgan fingerprint density at radius 2 is 2.00 bits per heavy atom. The fourth-order valence-corrected chi connectivity index (χ4v) is 3.30. The van der Waals surface area contributed by atoms with Crippen molar-refractivity contribution in [3.8, 4) is 0 Å². The smallest absolute Gasteiger partial charge is 0.291 e. The number of nitrogens with two attached hydrogens (primary N) is 1. The standard InChI is InChI=1S/C15H23ClN4O/c16-13-8-18-20(9-10-2-1-3-10)15(21)14(13)19-12-6-4-11(17)5-7-12/h8,10-12,19H,1-7,9,17H2. The van der Waals surface area contributed by atoms with Crippen molar-refractivity contribution in [3.05, 3.63) is 21.6 Å². The molecule has 2 fully saturated rings. The van der Waals surface area contributed by atoms with Gasteiger partial charge in [0.05, 0.1) is 11.2 Å². The zero-order chi connectivity index (χ0) is 14.8. The number of aromatic nitrogens is 2. The van der Waals surface area contributed by atoms with E-state index in [4.69, 9.17) is 17.3 Å². The van der Waals surface area contributed by atoms with Crippen LogP contribution in [0.25, 0.3) is 0 Å². The zero-order valence-corrected chi connectivity index (χ0v) is 13.0. The third kappa shape index (κ3) is 3.40. The molecule has 1 aromatic heterocycles. The Bertz CT molecular complexity index is 547. The molecule has 0 amide bonds. The summed E-state index contributed by atoms with van der Waals surface area (Å²) in [4.78, 5) is 12.5. The normalized spacial score (nSPS) is 26.4. The largest absolute Gasteiger partial charge is 0.377 e. The van der Waals surface area contributed by atoms with Crippen molar-refractivity contribution in [1.82, 2.24) is 9.78 Å². The van der Waals surface area contributed by atoms with E-state index in [1.165, 1.54) is 19.3 Å². The number of hydrogen-bond donors (Lipinski definition) is 2. The third-order valence-corrected chi connectivity index (χ3v) is 5.06. The molecule has 0 bridgehead atoms. The van der Waals surface area contributed by atoms with Crippen molar-refractivity contribution >= 4 is 17.3 Å². The quantitative estimate of drug-likeness (QED) is 0.895. The van der Waals surface area contributed by atoms with Crippen LogP contribution in [-0.4, -0.2) is 21.9 Å². The second-order valence-electron chi connectivity index (χ2n) is 6.41. The first-order valence-electron chi connectivity index (χ1n) is 7.91. The average Bonchev–Trinajstić information content (AvgIpc) is 2.43. The van der Waals surface area contributed by atoms with Crippen LogP contribution in [0.5, 0.6) is 0 Å². The molecule has 1 heterocycles. The van der Waals surface area contributed by atoms with Gasteiger partial charge >= 0.3 is 0 Å². The molecule has 2 aliphatic carbocycles. The van der Waals surface area contributed by atoms with E-state index in [2.05, 4.69) is 10.4 Å². The summed E-state index contributed by atoms with van der Waals surface area (Å²) in [5.41, 5.74) is 6.33. The van der Waals surface area contributed by atoms with E-state index in [1.54, 1.807) is 10.9 Å². The monoisotopic (exact) mass is 310 g/mol. The van der Waals surface area contributed by atoms with Crippen LogP contribution in [0.3, 0.4) is 0 Å². The summed E-state index contributed by atoms with van der Waals surface area (Å²) < 4.78 is 1.56. The van der Waals surface area contributed by atoms with Crippen LogP contribution in [0.1, 0.15) is 44.9 Å². The van der Waals surface area contributed by atoms with E-state index in [-0.39, 0.29) is 11.6 Å². The molecule has 0 radical (unpaired) electrons. The molecule has 6 heteroatoms. The maximum absolute atomic E-state index is 12.5. The van der Waals surface area contributed by atoms with Crippen molar-refractivity contribution in [1.29, 1.82) is 0 Å². The number of hydrogen-bond acceptors (Lipinski definition) is 4. The Hall–Kier alpha value is -1.07. The first-order chi connectivity index (χ1) is 10.1. The molecule has 21 heavy (non-hydrogen) atoms. The second kappa shape index (κ2) is 6.36. The van der Waals surface area contributed by atoms with Crippen LogP contribution in [0, 0.1) is 5.92 Å². The lowest BCUT2D eigenvalue weighted by molar-refractivity contribution is 0.262. The van der Waals surface area contributed by atoms with Gasteiger partial charge in [-0.25, -0.2) is 4.68 Å². The molecule has 0 unspecified atom stereocenters. The molecule has 0 aliphatic heterocycles. The van der Waals surface area contributed by atoms with Gasteiger partial charge in [0.25, 0.3) is 5.56 Å². The summed E-state index contributed by atoms with van der Waals surface area (Å²) in [6.07, 6.45) is 9.20. The molecule has 3 N–H and O–H groups in total. The molecular formula is C15H23ClN4O. The summed E-state index contributed by atoms with van der Waals surface area (Å²) in [7, 11) is 0. The van der Waals surface area contributed by atoms with Gasteiger partial charge in [-0.3, -0.25) is 4.79 Å². The van der Waals surface area contributed by atoms with E-state index >= 15 is 0 Å². The molecule has 2 aliphatic rings. The molecule has 0 spiro atoms. The Kier molecular flexibility index (Phi) is 4.50. The highest BCUT2D eigenvalue weighted by Crippen LogP contribution is 2.28. The lowest BCUT2D eigenvalue weighted by Gasteiger charge is -2.28. The molecule has 3 rings (SSSR count). The van der Waals surface area contributed by atoms with E-state index in [0.717, 1.165) is 25.7 Å². The van der Waals surface area contributed by atoms with Crippen molar-refractivity contribution in [2.45, 2.75) is 63.6 Å². The van der Waals surface area contributed by atoms with E-state index < -0.39 is 0 Å². The fourth-order valence-electron chi connectivity index (χ4n) is 3.12. The van der Waals surface area contributed by atoms with Crippen molar-refractivity contribution in [2.24, 2.45) is 11.7 Å². The summed E-state index contributed by atoms with van der Waals surface area (Å²) >= 11 is 6.17. The van der Waals surface area contributed by atoms with E-state index in [0.29, 0.717) is 29.2 Å². The van der Waals surface area contributed by atoms with Crippen molar-refractivity contribution < 1.29 is 0 Å². The number of nitrogens with zero attached hydrogens (tertiary/aromatic N) is 2. The predicted octanol–water partition coefficient (Wildman–Crippen LogP) is 2.38. The molecular weight excluding hydrogens is 288 g/mol. The number of anilines is 1. The number of nitrogens with one attached hydrogen (secondary N) is 1. The van der Waals surface area contributed by atoms with Crippen LogP contribution in [0.4, 0.5) is 5.69 Å². The molecule has 0 atom stereocenters. The second-order valence-corrected chi connectivity index (χ2v) is 6.81. The van der Waals surface area contributed by atoms with E-state index in [9.17, 15) is 4.79 Å². The highest BCUT2D eigenvalue weighted by molar-refractivity contribution is 6.33. The highest BCUT2D eigenvalue weighted by atomic mass is 35.5. The van der Waals surface area contributed by atoms with Gasteiger partial charge in [-0.1, -0.05) is 18.0 Å². The first kappa shape index (κ1) is 14.9. The Labute approximate surface area is 129 Å². The van der Waals surface area contributed by atoms with Gasteiger partial charge < -0.3 is 11.1 Å². The molecule has 116 valence electrons. The lowest BCUT2D eigenvalue weighted by Crippen LogP contribution is -2.36. The van der Waals surface area contributed by atoms with Gasteiger partial charge in [0.2, 0.25) is 0 Å². The molecule has 2 saturated carbocycles. The number of rotatable bonds is 4. The molecule has 5 nitrogen and oxygen atoms in total. The topological polar surface area (TPSA) is 72.9 Å². The van der Waals surface area contributed by atoms with Gasteiger partial charge in [-0.05, 0) is 44.4 Å². The maximum Gasteiger partial charge on any atom is 0.291 e. The SMILES string of the molecule is NC1CCC(Nc2c(Cl)cnn(CC3CCC3)c2=O)CC1. The Morgan fingerprint density at radius 1 is 1.29 bits per heavy atom. The summed E-state index contributed by atoms with van der Waals surface area (Å²) in [6.45, 7) is 0.709. The van der Waals surface area contributed by atoms with Gasteiger partial charge in [-0.2, -0.15) is 5.10 Å². The summed E-state index contributed by atoms with van der Waals surface area (Å²) in [5.74, 6) is 0.594. The van der Waals surface area contributed by atoms with Crippen LogP contribution < -0.4 is 16.6 Å².